The molecule has 0 saturated carbocycles. The average Bonchev–Trinajstić information content (AvgIpc) is 3.53. The van der Waals surface area contributed by atoms with Crippen LogP contribution in [-0.2, 0) is 6.54 Å². The van der Waals surface area contributed by atoms with E-state index in [4.69, 9.17) is 10.5 Å². The van der Waals surface area contributed by atoms with Gasteiger partial charge in [-0.3, -0.25) is 9.89 Å². The Kier molecular flexibility index (Phi) is 6.43. The molecule has 10 nitrogen and oxygen atoms in total. The molecular formula is C24H18F3N7O3. The molecule has 0 spiro atoms. The second-order valence-corrected chi connectivity index (χ2v) is 7.64. The standard InChI is InChI=1S/C24H18F3N7O3/c25-18-4-2-14(8-13(18)10-28)36-15-3-5-20(37-24(26)27)16(9-15)21-19(12-30-33-21)32-23(35)17-11-31-34-7-1-6-29-22(17)34/h1-9,11-12,24H,10,28H2,(H,30,33)(H,32,35). The minimum Gasteiger partial charge on any atom is -0.457 e. The van der Waals surface area contributed by atoms with Crippen molar-refractivity contribution in [3.63, 3.8) is 0 Å². The zero-order chi connectivity index (χ0) is 25.9. The van der Waals surface area contributed by atoms with E-state index < -0.39 is 18.3 Å². The summed E-state index contributed by atoms with van der Waals surface area (Å²) >= 11 is 0. The molecule has 37 heavy (non-hydrogen) atoms. The topological polar surface area (TPSA) is 132 Å². The van der Waals surface area contributed by atoms with Gasteiger partial charge in [0.2, 0.25) is 0 Å². The normalized spacial score (nSPS) is 11.2. The molecule has 0 aliphatic rings. The Morgan fingerprint density at radius 2 is 2.00 bits per heavy atom. The second kappa shape index (κ2) is 9.99. The van der Waals surface area contributed by atoms with Gasteiger partial charge in [-0.1, -0.05) is 0 Å². The highest BCUT2D eigenvalue weighted by Gasteiger charge is 2.21. The summed E-state index contributed by atoms with van der Waals surface area (Å²) in [5.74, 6) is -0.718. The van der Waals surface area contributed by atoms with Gasteiger partial charge in [-0.05, 0) is 42.5 Å². The number of nitrogens with two attached hydrogens (primary N) is 1. The van der Waals surface area contributed by atoms with E-state index in [0.717, 1.165) is 0 Å². The molecule has 5 aromatic rings. The number of anilines is 1. The molecule has 3 aromatic heterocycles. The third-order valence-corrected chi connectivity index (χ3v) is 5.31. The van der Waals surface area contributed by atoms with Gasteiger partial charge in [0.05, 0.1) is 17.4 Å². The van der Waals surface area contributed by atoms with Crippen molar-refractivity contribution in [3.05, 3.63) is 84.2 Å². The van der Waals surface area contributed by atoms with Crippen LogP contribution < -0.4 is 20.5 Å². The van der Waals surface area contributed by atoms with E-state index in [0.29, 0.717) is 5.65 Å². The first kappa shape index (κ1) is 23.8. The maximum atomic E-state index is 13.8. The van der Waals surface area contributed by atoms with E-state index in [9.17, 15) is 18.0 Å². The number of nitrogens with one attached hydrogen (secondary N) is 2. The van der Waals surface area contributed by atoms with Crippen LogP contribution in [0.25, 0.3) is 16.9 Å². The Morgan fingerprint density at radius 1 is 1.19 bits per heavy atom. The third kappa shape index (κ3) is 4.92. The lowest BCUT2D eigenvalue weighted by Crippen LogP contribution is -2.12. The van der Waals surface area contributed by atoms with Crippen molar-refractivity contribution in [3.8, 4) is 28.5 Å². The van der Waals surface area contributed by atoms with Crippen LogP contribution in [0.3, 0.4) is 0 Å². The van der Waals surface area contributed by atoms with Crippen LogP contribution in [0, 0.1) is 5.82 Å². The molecule has 0 unspecified atom stereocenters. The SMILES string of the molecule is NCc1cc(Oc2ccc(OC(F)F)c(-c3n[nH]cc3NC(=O)c3cnn4cccnc34)c2)ccc1F. The number of benzene rings is 2. The molecule has 2 aromatic carbocycles. The van der Waals surface area contributed by atoms with Crippen LogP contribution in [0.5, 0.6) is 17.2 Å². The first-order valence-electron chi connectivity index (χ1n) is 10.8. The number of halogens is 3. The first-order valence-corrected chi connectivity index (χ1v) is 10.8. The molecule has 0 aliphatic carbocycles. The summed E-state index contributed by atoms with van der Waals surface area (Å²) in [6.45, 7) is -3.15. The summed E-state index contributed by atoms with van der Waals surface area (Å²) in [6, 6.07) is 9.81. The molecule has 5 rings (SSSR count). The lowest BCUT2D eigenvalue weighted by atomic mass is 10.1. The number of aromatic nitrogens is 5. The van der Waals surface area contributed by atoms with Crippen molar-refractivity contribution in [1.29, 1.82) is 0 Å². The number of fused-ring (bicyclic) bond motifs is 1. The summed E-state index contributed by atoms with van der Waals surface area (Å²) in [6.07, 6.45) is 5.91. The number of hydrogen-bond donors (Lipinski definition) is 3. The van der Waals surface area contributed by atoms with Crippen LogP contribution in [0.2, 0.25) is 0 Å². The number of carbonyl (C=O) groups excluding carboxylic acids is 1. The van der Waals surface area contributed by atoms with Crippen molar-refractivity contribution >= 4 is 17.2 Å². The van der Waals surface area contributed by atoms with Crippen LogP contribution in [0.4, 0.5) is 18.9 Å². The third-order valence-electron chi connectivity index (χ3n) is 5.31. The molecule has 4 N–H and O–H groups in total. The summed E-state index contributed by atoms with van der Waals surface area (Å²) in [5.41, 5.74) is 6.72. The van der Waals surface area contributed by atoms with Gasteiger partial charge in [-0.15, -0.1) is 0 Å². The maximum absolute atomic E-state index is 13.8. The van der Waals surface area contributed by atoms with E-state index in [-0.39, 0.29) is 51.9 Å². The fraction of sp³-hybridized carbons (Fsp3) is 0.0833. The smallest absolute Gasteiger partial charge is 0.387 e. The highest BCUT2D eigenvalue weighted by Crippen LogP contribution is 2.38. The minimum atomic E-state index is -3.11. The van der Waals surface area contributed by atoms with Crippen LogP contribution >= 0.6 is 0 Å². The second-order valence-electron chi connectivity index (χ2n) is 7.64. The van der Waals surface area contributed by atoms with Gasteiger partial charge in [0.1, 0.15) is 34.3 Å². The largest absolute Gasteiger partial charge is 0.457 e. The van der Waals surface area contributed by atoms with Gasteiger partial charge in [0.25, 0.3) is 5.91 Å². The van der Waals surface area contributed by atoms with Gasteiger partial charge >= 0.3 is 6.61 Å². The lowest BCUT2D eigenvalue weighted by Gasteiger charge is -2.14. The van der Waals surface area contributed by atoms with Crippen molar-refractivity contribution in [2.24, 2.45) is 5.73 Å². The number of H-pyrrole nitrogens is 1. The number of carbonyl (C=O) groups is 1. The van der Waals surface area contributed by atoms with Crippen molar-refractivity contribution in [1.82, 2.24) is 24.8 Å². The number of hydrogen-bond acceptors (Lipinski definition) is 7. The number of aromatic amines is 1. The van der Waals surface area contributed by atoms with Gasteiger partial charge < -0.3 is 20.5 Å². The molecule has 3 heterocycles. The summed E-state index contributed by atoms with van der Waals surface area (Å²) in [5, 5.41) is 13.5. The van der Waals surface area contributed by atoms with Gasteiger partial charge in [0.15, 0.2) is 5.65 Å². The number of amides is 1. The molecule has 0 aliphatic heterocycles. The first-order chi connectivity index (χ1) is 17.9. The van der Waals surface area contributed by atoms with E-state index in [2.05, 4.69) is 30.3 Å². The van der Waals surface area contributed by atoms with Crippen molar-refractivity contribution in [2.75, 3.05) is 5.32 Å². The molecular weight excluding hydrogens is 491 g/mol. The molecule has 0 bridgehead atoms. The number of rotatable bonds is 8. The number of ether oxygens (including phenoxy) is 2. The van der Waals surface area contributed by atoms with Crippen molar-refractivity contribution in [2.45, 2.75) is 13.2 Å². The molecule has 0 radical (unpaired) electrons. The van der Waals surface area contributed by atoms with Gasteiger partial charge in [-0.25, -0.2) is 13.9 Å². The van der Waals surface area contributed by atoms with E-state index in [1.54, 1.807) is 12.3 Å². The fourth-order valence-corrected chi connectivity index (χ4v) is 3.63. The zero-order valence-corrected chi connectivity index (χ0v) is 18.9. The fourth-order valence-electron chi connectivity index (χ4n) is 3.63. The number of nitrogens with zero attached hydrogens (tertiary/aromatic N) is 4. The Labute approximate surface area is 206 Å². The molecule has 0 fully saturated rings. The van der Waals surface area contributed by atoms with Crippen LogP contribution in [0.1, 0.15) is 15.9 Å². The van der Waals surface area contributed by atoms with E-state index in [1.807, 2.05) is 0 Å². The van der Waals surface area contributed by atoms with Crippen LogP contribution in [-0.4, -0.2) is 37.3 Å². The van der Waals surface area contributed by atoms with Crippen LogP contribution in [0.15, 0.2) is 67.3 Å². The molecule has 13 heteroatoms. The van der Waals surface area contributed by atoms with Gasteiger partial charge in [-0.2, -0.15) is 19.0 Å². The predicted octanol–water partition coefficient (Wildman–Crippen LogP) is 4.36. The minimum absolute atomic E-state index is 0.0337. The lowest BCUT2D eigenvalue weighted by molar-refractivity contribution is -0.0494. The molecule has 188 valence electrons. The highest BCUT2D eigenvalue weighted by molar-refractivity contribution is 6.09. The Hall–Kier alpha value is -4.91. The quantitative estimate of drug-likeness (QED) is 0.283. The predicted molar refractivity (Wildman–Crippen MR) is 126 cm³/mol. The molecule has 0 atom stereocenters. The monoisotopic (exact) mass is 509 g/mol. The highest BCUT2D eigenvalue weighted by atomic mass is 19.3. The summed E-state index contributed by atoms with van der Waals surface area (Å²) in [4.78, 5) is 17.1. The molecule has 0 saturated heterocycles. The maximum Gasteiger partial charge on any atom is 0.387 e. The number of alkyl halides is 2. The Balaban J connectivity index is 1.48. The Morgan fingerprint density at radius 3 is 2.81 bits per heavy atom. The van der Waals surface area contributed by atoms with Crippen molar-refractivity contribution < 1.29 is 27.4 Å². The van der Waals surface area contributed by atoms with E-state index in [1.165, 1.54) is 59.5 Å². The van der Waals surface area contributed by atoms with E-state index >= 15 is 0 Å². The molecule has 1 amide bonds. The Bertz CT molecular complexity index is 1590. The zero-order valence-electron chi connectivity index (χ0n) is 18.9. The summed E-state index contributed by atoms with van der Waals surface area (Å²) < 4.78 is 52.0. The van der Waals surface area contributed by atoms with Gasteiger partial charge in [0, 0.05) is 30.7 Å². The average molecular weight is 509 g/mol. The summed E-state index contributed by atoms with van der Waals surface area (Å²) in [7, 11) is 0.